The van der Waals surface area contributed by atoms with Crippen LogP contribution >= 0.6 is 0 Å². The minimum Gasteiger partial charge on any atom is -0.493 e. The van der Waals surface area contributed by atoms with E-state index >= 15 is 0 Å². The molecular weight excluding hydrogens is 267 g/mol. The quantitative estimate of drug-likeness (QED) is 0.506. The topological polar surface area (TPSA) is 9.23 Å². The van der Waals surface area contributed by atoms with E-state index in [1.807, 2.05) is 0 Å². The maximum Gasteiger partial charge on any atom is 0.123 e. The second-order valence-electron chi connectivity index (χ2n) is 6.15. The Bertz CT molecular complexity index is 371. The van der Waals surface area contributed by atoms with Crippen molar-refractivity contribution in [1.82, 2.24) is 0 Å². The van der Waals surface area contributed by atoms with Gasteiger partial charge in [0.15, 0.2) is 0 Å². The van der Waals surface area contributed by atoms with Gasteiger partial charge in [-0.05, 0) is 43.0 Å². The molecule has 1 aromatic carbocycles. The van der Waals surface area contributed by atoms with Gasteiger partial charge in [-0.2, -0.15) is 0 Å². The first-order chi connectivity index (χ1) is 9.78. The second kappa shape index (κ2) is 8.45. The summed E-state index contributed by atoms with van der Waals surface area (Å²) >= 11 is 0. The van der Waals surface area contributed by atoms with Gasteiger partial charge >= 0.3 is 0 Å². The Labute approximate surface area is 124 Å². The van der Waals surface area contributed by atoms with E-state index in [4.69, 9.17) is 4.74 Å². The first-order valence-electron chi connectivity index (χ1n) is 8.16. The highest BCUT2D eigenvalue weighted by molar-refractivity contribution is 6.58. The normalized spacial score (nSPS) is 22.7. The molecule has 1 heterocycles. The predicted molar refractivity (Wildman–Crippen MR) is 85.7 cm³/mol. The molecule has 0 radical (unpaired) electrons. The Morgan fingerprint density at radius 2 is 1.85 bits per heavy atom. The van der Waals surface area contributed by atoms with Crippen molar-refractivity contribution in [3.05, 3.63) is 30.1 Å². The summed E-state index contributed by atoms with van der Waals surface area (Å²) in [7, 11) is -0.407. The van der Waals surface area contributed by atoms with Gasteiger partial charge < -0.3 is 4.74 Å². The number of ether oxygens (including phenoxy) is 1. The molecule has 0 amide bonds. The van der Waals surface area contributed by atoms with Crippen molar-refractivity contribution in [2.24, 2.45) is 5.92 Å². The molecule has 1 aromatic rings. The standard InChI is InChI=1S/C17H27FOSi/c1-2-3-4-11-20-12-9-15(10-13-20)14-19-17-7-5-16(18)6-8-17/h5-8,15,20H,2-4,9-14H2,1H3/t15-,20-. The minimum atomic E-state index is -0.407. The van der Waals surface area contributed by atoms with Crippen LogP contribution in [-0.2, 0) is 0 Å². The Kier molecular flexibility index (Phi) is 6.57. The van der Waals surface area contributed by atoms with Crippen LogP contribution in [0.5, 0.6) is 5.75 Å². The highest BCUT2D eigenvalue weighted by Gasteiger charge is 2.22. The predicted octanol–water partition coefficient (Wildman–Crippen LogP) is 5.03. The molecule has 0 spiro atoms. The Hall–Kier alpha value is -0.833. The molecule has 0 N–H and O–H groups in total. The van der Waals surface area contributed by atoms with Gasteiger partial charge in [-0.3, -0.25) is 0 Å². The number of hydrogen-bond acceptors (Lipinski definition) is 1. The van der Waals surface area contributed by atoms with E-state index in [9.17, 15) is 4.39 Å². The fourth-order valence-electron chi connectivity index (χ4n) is 3.11. The Morgan fingerprint density at radius 1 is 1.15 bits per heavy atom. The summed E-state index contributed by atoms with van der Waals surface area (Å²) in [5.74, 6) is 1.32. The van der Waals surface area contributed by atoms with Crippen molar-refractivity contribution in [3.63, 3.8) is 0 Å². The summed E-state index contributed by atoms with van der Waals surface area (Å²) in [5.41, 5.74) is 0. The zero-order chi connectivity index (χ0) is 14.2. The summed E-state index contributed by atoms with van der Waals surface area (Å²) in [4.78, 5) is 0. The first kappa shape index (κ1) is 15.6. The van der Waals surface area contributed by atoms with Crippen molar-refractivity contribution < 1.29 is 9.13 Å². The molecule has 0 bridgehead atoms. The SMILES string of the molecule is CCCCC[Si@H]1CC[C@H](COc2ccc(F)cc2)CC1. The highest BCUT2D eigenvalue weighted by atomic mass is 28.3. The van der Waals surface area contributed by atoms with Crippen molar-refractivity contribution in [1.29, 1.82) is 0 Å². The van der Waals surface area contributed by atoms with Crippen molar-refractivity contribution >= 4 is 8.80 Å². The molecule has 3 heteroatoms. The summed E-state index contributed by atoms with van der Waals surface area (Å²) in [6, 6.07) is 10.9. The number of rotatable bonds is 7. The highest BCUT2D eigenvalue weighted by Crippen LogP contribution is 2.28. The molecular formula is C17H27FOSi. The van der Waals surface area contributed by atoms with Crippen LogP contribution in [0.2, 0.25) is 18.1 Å². The number of benzene rings is 1. The number of halogens is 1. The van der Waals surface area contributed by atoms with E-state index in [2.05, 4.69) is 6.92 Å². The van der Waals surface area contributed by atoms with Crippen LogP contribution in [0.3, 0.4) is 0 Å². The lowest BCUT2D eigenvalue weighted by Crippen LogP contribution is -2.24. The summed E-state index contributed by atoms with van der Waals surface area (Å²) in [6.07, 6.45) is 6.93. The molecule has 1 aliphatic heterocycles. The molecule has 0 atom stereocenters. The van der Waals surface area contributed by atoms with Crippen LogP contribution in [-0.4, -0.2) is 15.4 Å². The molecule has 1 nitrogen and oxygen atoms in total. The number of hydrogen-bond donors (Lipinski definition) is 0. The first-order valence-corrected chi connectivity index (χ1v) is 10.6. The lowest BCUT2D eigenvalue weighted by Gasteiger charge is -2.27. The average Bonchev–Trinajstić information content (AvgIpc) is 2.48. The third-order valence-corrected chi connectivity index (χ3v) is 8.01. The number of unbranched alkanes of at least 4 members (excludes halogenated alkanes) is 2. The molecule has 1 saturated heterocycles. The van der Waals surface area contributed by atoms with Crippen LogP contribution in [0.25, 0.3) is 0 Å². The molecule has 0 aliphatic carbocycles. The third-order valence-electron chi connectivity index (χ3n) is 4.48. The maximum absolute atomic E-state index is 12.8. The van der Waals surface area contributed by atoms with Crippen LogP contribution in [0, 0.1) is 11.7 Å². The smallest absolute Gasteiger partial charge is 0.123 e. The van der Waals surface area contributed by atoms with Gasteiger partial charge in [0.1, 0.15) is 11.6 Å². The average molecular weight is 294 g/mol. The van der Waals surface area contributed by atoms with Crippen LogP contribution in [0.15, 0.2) is 24.3 Å². The summed E-state index contributed by atoms with van der Waals surface area (Å²) in [6.45, 7) is 3.09. The Morgan fingerprint density at radius 3 is 2.50 bits per heavy atom. The monoisotopic (exact) mass is 294 g/mol. The fraction of sp³-hybridized carbons (Fsp3) is 0.647. The lowest BCUT2D eigenvalue weighted by molar-refractivity contribution is 0.236. The minimum absolute atomic E-state index is 0.198. The van der Waals surface area contributed by atoms with Crippen molar-refractivity contribution in [2.45, 2.75) is 57.2 Å². The molecule has 112 valence electrons. The van der Waals surface area contributed by atoms with E-state index in [-0.39, 0.29) is 5.82 Å². The fourth-order valence-corrected chi connectivity index (χ4v) is 6.73. The van der Waals surface area contributed by atoms with Crippen LogP contribution < -0.4 is 4.74 Å². The van der Waals surface area contributed by atoms with E-state index in [1.165, 1.54) is 56.3 Å². The van der Waals surface area contributed by atoms with E-state index < -0.39 is 8.80 Å². The molecule has 1 fully saturated rings. The van der Waals surface area contributed by atoms with Crippen LogP contribution in [0.4, 0.5) is 4.39 Å². The van der Waals surface area contributed by atoms with Gasteiger partial charge in [-0.25, -0.2) is 4.39 Å². The van der Waals surface area contributed by atoms with Gasteiger partial charge in [-0.15, -0.1) is 0 Å². The zero-order valence-electron chi connectivity index (χ0n) is 12.6. The molecule has 20 heavy (non-hydrogen) atoms. The summed E-state index contributed by atoms with van der Waals surface area (Å²) in [5, 5.41) is 0. The third kappa shape index (κ3) is 5.27. The Balaban J connectivity index is 1.63. The summed E-state index contributed by atoms with van der Waals surface area (Å²) < 4.78 is 18.6. The zero-order valence-corrected chi connectivity index (χ0v) is 13.8. The second-order valence-corrected chi connectivity index (χ2v) is 9.61. The molecule has 0 unspecified atom stereocenters. The molecule has 2 rings (SSSR count). The van der Waals surface area contributed by atoms with Gasteiger partial charge in [0.05, 0.1) is 6.61 Å². The van der Waals surface area contributed by atoms with Gasteiger partial charge in [0.25, 0.3) is 0 Å². The molecule has 0 aromatic heterocycles. The molecule has 0 saturated carbocycles. The van der Waals surface area contributed by atoms with E-state index in [1.54, 1.807) is 18.2 Å². The van der Waals surface area contributed by atoms with Gasteiger partial charge in [0.2, 0.25) is 0 Å². The van der Waals surface area contributed by atoms with E-state index in [0.717, 1.165) is 18.3 Å². The molecule has 1 aliphatic rings. The van der Waals surface area contributed by atoms with Gasteiger partial charge in [-0.1, -0.05) is 44.3 Å². The van der Waals surface area contributed by atoms with Crippen molar-refractivity contribution in [3.8, 4) is 5.75 Å². The largest absolute Gasteiger partial charge is 0.493 e. The maximum atomic E-state index is 12.8. The van der Waals surface area contributed by atoms with Crippen molar-refractivity contribution in [2.75, 3.05) is 6.61 Å². The van der Waals surface area contributed by atoms with Crippen LogP contribution in [0.1, 0.15) is 39.0 Å². The lowest BCUT2D eigenvalue weighted by atomic mass is 10.0. The van der Waals surface area contributed by atoms with E-state index in [0.29, 0.717) is 0 Å². The van der Waals surface area contributed by atoms with Gasteiger partial charge in [0, 0.05) is 8.80 Å².